The van der Waals surface area contributed by atoms with Crippen molar-refractivity contribution in [3.63, 3.8) is 0 Å². The van der Waals surface area contributed by atoms with Gasteiger partial charge in [-0.05, 0) is 69.0 Å². The number of nitrogens with zero attached hydrogens (tertiary/aromatic N) is 2. The van der Waals surface area contributed by atoms with Crippen LogP contribution in [0, 0.1) is 6.92 Å². The summed E-state index contributed by atoms with van der Waals surface area (Å²) in [5.41, 5.74) is 2.67. The van der Waals surface area contributed by atoms with E-state index in [0.29, 0.717) is 17.9 Å². The van der Waals surface area contributed by atoms with Crippen molar-refractivity contribution < 1.29 is 22.7 Å². The summed E-state index contributed by atoms with van der Waals surface area (Å²) in [6, 6.07) is 23.5. The van der Waals surface area contributed by atoms with Crippen molar-refractivity contribution in [1.82, 2.24) is 10.2 Å². The number of nitrogens with one attached hydrogen (secondary N) is 1. The molecule has 0 spiro atoms. The van der Waals surface area contributed by atoms with E-state index < -0.39 is 21.6 Å². The molecule has 0 radical (unpaired) electrons. The zero-order valence-corrected chi connectivity index (χ0v) is 26.3. The van der Waals surface area contributed by atoms with Crippen LogP contribution >= 0.6 is 0 Å². The van der Waals surface area contributed by atoms with Crippen LogP contribution in [0.1, 0.15) is 50.3 Å². The monoisotopic (exact) mass is 593 g/mol. The molecule has 0 bridgehead atoms. The van der Waals surface area contributed by atoms with Crippen LogP contribution in [0.4, 0.5) is 5.69 Å². The maximum Gasteiger partial charge on any atom is 0.243 e. The molecule has 0 aromatic heterocycles. The Labute approximate surface area is 250 Å². The zero-order valence-electron chi connectivity index (χ0n) is 25.5. The van der Waals surface area contributed by atoms with Gasteiger partial charge in [-0.15, -0.1) is 0 Å². The number of anilines is 1. The molecule has 226 valence electrons. The van der Waals surface area contributed by atoms with E-state index in [0.717, 1.165) is 16.7 Å². The number of ether oxygens (including phenoxy) is 1. The highest BCUT2D eigenvalue weighted by Gasteiger charge is 2.32. The van der Waals surface area contributed by atoms with E-state index in [4.69, 9.17) is 4.74 Å². The number of amides is 2. The summed E-state index contributed by atoms with van der Waals surface area (Å²) in [7, 11) is -1.99. The van der Waals surface area contributed by atoms with Crippen molar-refractivity contribution in [1.29, 1.82) is 0 Å². The Morgan fingerprint density at radius 3 is 2.19 bits per heavy atom. The van der Waals surface area contributed by atoms with E-state index in [1.54, 1.807) is 24.1 Å². The lowest BCUT2D eigenvalue weighted by atomic mass is 10.00. The summed E-state index contributed by atoms with van der Waals surface area (Å²) in [5.74, 6) is 0.169. The largest absolute Gasteiger partial charge is 0.497 e. The lowest BCUT2D eigenvalue weighted by Crippen LogP contribution is -2.54. The molecule has 42 heavy (non-hydrogen) atoms. The maximum atomic E-state index is 14.0. The third kappa shape index (κ3) is 9.62. The molecule has 1 N–H and O–H groups in total. The highest BCUT2D eigenvalue weighted by Crippen LogP contribution is 2.24. The van der Waals surface area contributed by atoms with Crippen LogP contribution in [0.3, 0.4) is 0 Å². The predicted octanol–water partition coefficient (Wildman–Crippen LogP) is 5.10. The van der Waals surface area contributed by atoms with Gasteiger partial charge in [0.05, 0.1) is 19.1 Å². The molecule has 0 saturated carbocycles. The highest BCUT2D eigenvalue weighted by molar-refractivity contribution is 7.92. The number of benzene rings is 3. The fraction of sp³-hybridized carbons (Fsp3) is 0.394. The number of carbonyl (C=O) groups is 2. The fourth-order valence-electron chi connectivity index (χ4n) is 4.80. The molecule has 3 rings (SSSR count). The standard InChI is InChI=1S/C33H43N3O5S/c1-25-14-10-11-19-29(25)36(42(6,39)40)21-13-20-31(37)35(24-27-17-12-18-28(22-27)41-5)30(32(38)34-33(2,3)4)23-26-15-8-7-9-16-26/h7-12,14-19,22,30H,13,20-21,23-24H2,1-6H3,(H,34,38)/t30-/m0/s1. The second kappa shape index (κ2) is 14.4. The van der Waals surface area contributed by atoms with Crippen molar-refractivity contribution in [3.8, 4) is 5.75 Å². The minimum atomic E-state index is -3.58. The first-order valence-electron chi connectivity index (χ1n) is 14.1. The lowest BCUT2D eigenvalue weighted by molar-refractivity contribution is -0.142. The number of sulfonamides is 1. The smallest absolute Gasteiger partial charge is 0.243 e. The minimum Gasteiger partial charge on any atom is -0.497 e. The second-order valence-electron chi connectivity index (χ2n) is 11.5. The van der Waals surface area contributed by atoms with Gasteiger partial charge in [-0.1, -0.05) is 60.7 Å². The quantitative estimate of drug-likeness (QED) is 0.297. The Kier molecular flexibility index (Phi) is 11.2. The molecule has 0 heterocycles. The Morgan fingerprint density at radius 2 is 1.57 bits per heavy atom. The van der Waals surface area contributed by atoms with Crippen LogP contribution in [-0.4, -0.2) is 56.6 Å². The summed E-state index contributed by atoms with van der Waals surface area (Å²) >= 11 is 0. The van der Waals surface area contributed by atoms with Gasteiger partial charge >= 0.3 is 0 Å². The molecule has 3 aromatic carbocycles. The van der Waals surface area contributed by atoms with Crippen molar-refractivity contribution in [2.24, 2.45) is 0 Å². The van der Waals surface area contributed by atoms with Gasteiger partial charge in [0.15, 0.2) is 0 Å². The van der Waals surface area contributed by atoms with Crippen molar-refractivity contribution in [2.45, 2.75) is 65.1 Å². The minimum absolute atomic E-state index is 0.0654. The van der Waals surface area contributed by atoms with Crippen LogP contribution in [0.5, 0.6) is 5.75 Å². The number of hydrogen-bond acceptors (Lipinski definition) is 5. The van der Waals surface area contributed by atoms with E-state index >= 15 is 0 Å². The number of hydrogen-bond donors (Lipinski definition) is 1. The molecular formula is C33H43N3O5S. The Balaban J connectivity index is 1.93. The topological polar surface area (TPSA) is 96.0 Å². The van der Waals surface area contributed by atoms with Crippen LogP contribution in [0.2, 0.25) is 0 Å². The van der Waals surface area contributed by atoms with Gasteiger partial charge in [-0.25, -0.2) is 8.42 Å². The summed E-state index contributed by atoms with van der Waals surface area (Å²) < 4.78 is 32.1. The highest BCUT2D eigenvalue weighted by atomic mass is 32.2. The normalized spacial score (nSPS) is 12.3. The van der Waals surface area contributed by atoms with E-state index in [9.17, 15) is 18.0 Å². The van der Waals surface area contributed by atoms with E-state index in [1.807, 2.05) is 94.4 Å². The van der Waals surface area contributed by atoms with Crippen molar-refractivity contribution in [2.75, 3.05) is 24.2 Å². The number of carbonyl (C=O) groups excluding carboxylic acids is 2. The first-order valence-corrected chi connectivity index (χ1v) is 15.9. The summed E-state index contributed by atoms with van der Waals surface area (Å²) in [5, 5.41) is 3.06. The first-order chi connectivity index (χ1) is 19.8. The van der Waals surface area contributed by atoms with E-state index in [1.165, 1.54) is 10.6 Å². The number of methoxy groups -OCH3 is 1. The average molecular weight is 594 g/mol. The molecular weight excluding hydrogens is 550 g/mol. The number of rotatable bonds is 13. The van der Waals surface area contributed by atoms with Crippen LogP contribution in [0.25, 0.3) is 0 Å². The molecule has 1 atom stereocenters. The number of aryl methyl sites for hydroxylation is 1. The maximum absolute atomic E-state index is 14.0. The first kappa shape index (κ1) is 32.7. The summed E-state index contributed by atoms with van der Waals surface area (Å²) in [6.07, 6.45) is 1.85. The van der Waals surface area contributed by atoms with Gasteiger partial charge in [0, 0.05) is 31.5 Å². The molecule has 0 unspecified atom stereocenters. The van der Waals surface area contributed by atoms with Crippen molar-refractivity contribution in [3.05, 3.63) is 95.6 Å². The van der Waals surface area contributed by atoms with Crippen LogP contribution in [0.15, 0.2) is 78.9 Å². The Hall–Kier alpha value is -3.85. The lowest BCUT2D eigenvalue weighted by Gasteiger charge is -2.34. The molecule has 0 fully saturated rings. The predicted molar refractivity (Wildman–Crippen MR) is 168 cm³/mol. The van der Waals surface area contributed by atoms with Crippen LogP contribution < -0.4 is 14.4 Å². The molecule has 3 aromatic rings. The zero-order chi connectivity index (χ0) is 30.9. The van der Waals surface area contributed by atoms with E-state index in [2.05, 4.69) is 5.32 Å². The third-order valence-corrected chi connectivity index (χ3v) is 7.97. The fourth-order valence-corrected chi connectivity index (χ4v) is 5.82. The van der Waals surface area contributed by atoms with Gasteiger partial charge in [0.2, 0.25) is 21.8 Å². The molecule has 0 saturated heterocycles. The van der Waals surface area contributed by atoms with Crippen molar-refractivity contribution >= 4 is 27.5 Å². The Bertz CT molecular complexity index is 1450. The third-order valence-electron chi connectivity index (χ3n) is 6.79. The van der Waals surface area contributed by atoms with Gasteiger partial charge < -0.3 is 15.0 Å². The van der Waals surface area contributed by atoms with Gasteiger partial charge in [-0.2, -0.15) is 0 Å². The molecule has 9 heteroatoms. The van der Waals surface area contributed by atoms with Gasteiger partial charge in [0.1, 0.15) is 11.8 Å². The van der Waals surface area contributed by atoms with Gasteiger partial charge in [-0.3, -0.25) is 13.9 Å². The molecule has 0 aliphatic rings. The molecule has 0 aliphatic carbocycles. The van der Waals surface area contributed by atoms with Crippen LogP contribution in [-0.2, 0) is 32.6 Å². The SMILES string of the molecule is COc1cccc(CN(C(=O)CCCN(c2ccccc2C)S(C)(=O)=O)[C@@H](Cc2ccccc2)C(=O)NC(C)(C)C)c1. The number of para-hydroxylation sites is 1. The Morgan fingerprint density at radius 1 is 0.929 bits per heavy atom. The van der Waals surface area contributed by atoms with Gasteiger partial charge in [0.25, 0.3) is 0 Å². The summed E-state index contributed by atoms with van der Waals surface area (Å²) in [4.78, 5) is 29.3. The summed E-state index contributed by atoms with van der Waals surface area (Å²) in [6.45, 7) is 7.91. The van der Waals surface area contributed by atoms with E-state index in [-0.39, 0.29) is 37.7 Å². The molecule has 2 amide bonds. The molecule has 0 aliphatic heterocycles. The second-order valence-corrected chi connectivity index (χ2v) is 13.4. The average Bonchev–Trinajstić information content (AvgIpc) is 2.92. The molecule has 8 nitrogen and oxygen atoms in total.